The van der Waals surface area contributed by atoms with E-state index in [2.05, 4.69) is 68.8 Å². The highest BCUT2D eigenvalue weighted by atomic mass is 32.2. The first-order valence-electron chi connectivity index (χ1n) is 42.1. The number of para-hydroxylation sites is 1. The van der Waals surface area contributed by atoms with E-state index in [1.54, 1.807) is 148 Å². The maximum absolute atomic E-state index is 15.5. The first-order chi connectivity index (χ1) is 57.7. The number of aromatic amines is 1. The van der Waals surface area contributed by atoms with Crippen molar-refractivity contribution in [2.75, 3.05) is 38.2 Å². The molecule has 3 aliphatic rings. The number of thioether (sulfide) groups is 1. The number of aliphatic hydroxyl groups is 1. The van der Waals surface area contributed by atoms with Crippen molar-refractivity contribution in [3.05, 3.63) is 108 Å². The number of H-pyrrole nitrogens is 1. The minimum absolute atomic E-state index is 0.0306. The third-order valence-corrected chi connectivity index (χ3v) is 22.6. The average molecular weight is 1730 g/mol. The number of hydrogen-bond acceptors (Lipinski definition) is 17. The number of carbonyl (C=O) groups is 15. The van der Waals surface area contributed by atoms with Crippen molar-refractivity contribution in [2.24, 2.45) is 35.5 Å². The molecule has 14 atom stereocenters. The minimum atomic E-state index is -5.22. The molecule has 122 heavy (non-hydrogen) atoms. The lowest BCUT2D eigenvalue weighted by molar-refractivity contribution is -0.173. The second-order valence-electron chi connectivity index (χ2n) is 33.7. The maximum Gasteiger partial charge on any atom is 0.471 e. The Morgan fingerprint density at radius 2 is 0.811 bits per heavy atom. The van der Waals surface area contributed by atoms with Gasteiger partial charge in [0.25, 0.3) is 0 Å². The van der Waals surface area contributed by atoms with Gasteiger partial charge < -0.3 is 89.0 Å². The van der Waals surface area contributed by atoms with Crippen LogP contribution in [0.25, 0.3) is 10.9 Å². The first kappa shape index (κ1) is 98.5. The molecule has 4 aromatic rings. The number of hydrogen-bond donors (Lipinski definition) is 15. The van der Waals surface area contributed by atoms with Gasteiger partial charge in [0.2, 0.25) is 82.7 Å². The Labute approximate surface area is 714 Å². The number of aliphatic hydroxyl groups excluding tert-OH is 1. The highest BCUT2D eigenvalue weighted by molar-refractivity contribution is 7.98. The van der Waals surface area contributed by atoms with Gasteiger partial charge >= 0.3 is 12.1 Å². The van der Waals surface area contributed by atoms with Crippen molar-refractivity contribution in [2.45, 2.75) is 251 Å². The molecule has 15 amide bonds. The fourth-order valence-electron chi connectivity index (χ4n) is 15.1. The summed E-state index contributed by atoms with van der Waals surface area (Å²) in [7, 11) is 0. The van der Waals surface area contributed by atoms with Crippen LogP contribution in [0.2, 0.25) is 0 Å². The van der Waals surface area contributed by atoms with Gasteiger partial charge in [0.15, 0.2) is 0 Å². The molecule has 0 radical (unpaired) electrons. The summed E-state index contributed by atoms with van der Waals surface area (Å²) in [6.45, 7) is 18.1. The van der Waals surface area contributed by atoms with Crippen LogP contribution in [0.5, 0.6) is 0 Å². The minimum Gasteiger partial charge on any atom is -0.394 e. The van der Waals surface area contributed by atoms with Gasteiger partial charge in [0, 0.05) is 56.0 Å². The number of nitrogens with zero attached hydrogens (tertiary/aromatic N) is 2. The van der Waals surface area contributed by atoms with Gasteiger partial charge in [-0.15, -0.1) is 0 Å². The van der Waals surface area contributed by atoms with E-state index >= 15 is 24.0 Å². The van der Waals surface area contributed by atoms with Crippen molar-refractivity contribution >= 4 is 111 Å². The molecule has 670 valence electrons. The van der Waals surface area contributed by atoms with E-state index in [9.17, 15) is 66.2 Å². The number of aromatic nitrogens is 1. The van der Waals surface area contributed by atoms with Gasteiger partial charge in [-0.2, -0.15) is 24.9 Å². The number of nitrogens with one attached hydrogen (secondary N) is 14. The summed E-state index contributed by atoms with van der Waals surface area (Å²) in [5, 5.41) is 45.9. The molecular formula is C86H123F3N16O16S. The standard InChI is InChI=1S/C86H123F3N16O16S/c1-46(2)40-59-73(109)98-63(45-106)76(112)101-66(47(3)4)78(114)92-57(32-22-23-36-90-85(121)86(87,88)89)72(108)99-69(50(9)10)81(117)103-68(49(7)8)80(116)96-60(41-52-26-16-14-17-27-52)74(110)94-61(42-53-28-18-15-19-29-53)75(111)100-70(51(11)12)82(118)102-67(48(5)6)79(115)93-58(35-39-122-13)71(107)97-62(43-54-44-91-56-31-21-20-30-55(54)56)83(119)105-38-25-34-65(105)84(120)104-37-24-33-64(104)77(113)95-59/h14-21,26-31,44,46-51,57-70,91,106H,22-25,32-43,45H2,1-13H3,(H,90,121)(H,92,114)(H,93,115)(H,94,110)(H,95,113)(H,96,116)(H,97,107)(H,98,109)(H,99,108)(H,100,111)(H,101,112)(H,102,118)(H,103,117)/t57-,58-,59-,60-,61-,62-,63-,64-,65+,66-,67+,68-,69-,70-/m0/s1. The summed E-state index contributed by atoms with van der Waals surface area (Å²) < 4.78 is 39.7. The van der Waals surface area contributed by atoms with Crippen LogP contribution in [-0.4, -0.2) is 238 Å². The zero-order valence-electron chi connectivity index (χ0n) is 71.7. The maximum atomic E-state index is 15.5. The highest BCUT2D eigenvalue weighted by Crippen LogP contribution is 2.29. The first-order valence-corrected chi connectivity index (χ1v) is 43.5. The molecular weight excluding hydrogens is 1600 g/mol. The SMILES string of the molecule is CSCC[C@@H]1NC(=O)[C@@H](C(C)C)NC(=O)[C@H](C(C)C)NC(=O)[C@H](Cc2ccccc2)NC(=O)[C@H](Cc2ccccc2)NC(=O)[C@H](C(C)C)NC(=O)[C@H](C(C)C)NC(=O)[C@H](CCCCNC(=O)C(F)(F)F)NC(=O)[C@H](C(C)C)NC(=O)[C@H](CO)NC(=O)[C@H](CC(C)C)NC(=O)[C@@H]2CCCN2C(=O)[C@H]2CCCN2C(=O)[C@H](Cc2c[nH]c3ccccc23)NC1=O. The molecule has 0 saturated carbocycles. The third-order valence-electron chi connectivity index (χ3n) is 21.9. The highest BCUT2D eigenvalue weighted by Gasteiger charge is 2.47. The number of benzene rings is 3. The normalized spacial score (nSPS) is 25.4. The average Bonchev–Trinajstić information content (AvgIpc) is 1.65. The zero-order chi connectivity index (χ0) is 90.0. The van der Waals surface area contributed by atoms with E-state index < -0.39 is 222 Å². The van der Waals surface area contributed by atoms with E-state index in [1.807, 2.05) is 24.3 Å². The van der Waals surface area contributed by atoms with Gasteiger partial charge in [-0.1, -0.05) is 162 Å². The Kier molecular flexibility index (Phi) is 37.6. The largest absolute Gasteiger partial charge is 0.471 e. The van der Waals surface area contributed by atoms with Gasteiger partial charge in [-0.05, 0) is 128 Å². The molecule has 3 saturated heterocycles. The third kappa shape index (κ3) is 28.2. The Morgan fingerprint density at radius 1 is 0.434 bits per heavy atom. The molecule has 0 unspecified atom stereocenters. The lowest BCUT2D eigenvalue weighted by Gasteiger charge is -2.34. The second kappa shape index (κ2) is 46.6. The number of halogens is 3. The molecule has 4 heterocycles. The van der Waals surface area contributed by atoms with E-state index in [4.69, 9.17) is 0 Å². The molecule has 7 rings (SSSR count). The van der Waals surface area contributed by atoms with Crippen LogP contribution in [0, 0.1) is 35.5 Å². The van der Waals surface area contributed by atoms with Crippen LogP contribution < -0.4 is 69.1 Å². The molecule has 0 aliphatic carbocycles. The quantitative estimate of drug-likeness (QED) is 0.0503. The van der Waals surface area contributed by atoms with E-state index in [0.29, 0.717) is 35.3 Å². The fraction of sp³-hybridized carbons (Fsp3) is 0.593. The predicted octanol–water partition coefficient (Wildman–Crippen LogP) is 2.93. The summed E-state index contributed by atoms with van der Waals surface area (Å²) in [5.41, 5.74) is 2.48. The van der Waals surface area contributed by atoms with Crippen LogP contribution in [0.3, 0.4) is 0 Å². The Hall–Kier alpha value is -10.7. The smallest absolute Gasteiger partial charge is 0.394 e. The number of amides is 15. The van der Waals surface area contributed by atoms with Crippen molar-refractivity contribution in [1.29, 1.82) is 0 Å². The fourth-order valence-corrected chi connectivity index (χ4v) is 15.5. The second-order valence-corrected chi connectivity index (χ2v) is 34.7. The molecule has 0 bridgehead atoms. The van der Waals surface area contributed by atoms with Gasteiger partial charge in [0.1, 0.15) is 84.6 Å². The van der Waals surface area contributed by atoms with Crippen LogP contribution in [0.15, 0.2) is 91.1 Å². The monoisotopic (exact) mass is 1720 g/mol. The van der Waals surface area contributed by atoms with E-state index in [0.717, 1.165) is 10.9 Å². The van der Waals surface area contributed by atoms with Gasteiger partial charge in [0.05, 0.1) is 6.61 Å². The molecule has 3 aromatic carbocycles. The van der Waals surface area contributed by atoms with Crippen LogP contribution in [-0.2, 0) is 91.2 Å². The van der Waals surface area contributed by atoms with Crippen molar-refractivity contribution < 1.29 is 90.2 Å². The van der Waals surface area contributed by atoms with Crippen LogP contribution in [0.1, 0.15) is 158 Å². The van der Waals surface area contributed by atoms with E-state index in [1.165, 1.54) is 35.4 Å². The lowest BCUT2D eigenvalue weighted by Crippen LogP contribution is -2.63. The predicted molar refractivity (Wildman–Crippen MR) is 452 cm³/mol. The number of rotatable bonds is 22. The summed E-state index contributed by atoms with van der Waals surface area (Å²) in [6.07, 6.45) is -1.81. The van der Waals surface area contributed by atoms with Gasteiger partial charge in [-0.25, -0.2) is 0 Å². The zero-order valence-corrected chi connectivity index (χ0v) is 72.6. The number of alkyl halides is 3. The number of unbranched alkanes of at least 4 members (excludes halogenated alkanes) is 1. The van der Waals surface area contributed by atoms with Crippen molar-refractivity contribution in [3.63, 3.8) is 0 Å². The molecule has 3 fully saturated rings. The number of carbonyl (C=O) groups excluding carboxylic acids is 15. The van der Waals surface area contributed by atoms with Crippen LogP contribution in [0.4, 0.5) is 13.2 Å². The molecule has 3 aliphatic heterocycles. The molecule has 15 N–H and O–H groups in total. The lowest BCUT2D eigenvalue weighted by atomic mass is 9.97. The van der Waals surface area contributed by atoms with E-state index in [-0.39, 0.29) is 83.2 Å². The molecule has 36 heteroatoms. The Bertz CT molecular complexity index is 4290. The summed E-state index contributed by atoms with van der Waals surface area (Å²) in [5.74, 6) is -17.8. The Morgan fingerprint density at radius 3 is 1.29 bits per heavy atom. The summed E-state index contributed by atoms with van der Waals surface area (Å²) >= 11 is 1.38. The van der Waals surface area contributed by atoms with Gasteiger partial charge in [-0.3, -0.25) is 71.9 Å². The summed E-state index contributed by atoms with van der Waals surface area (Å²) in [4.78, 5) is 226. The molecule has 0 spiro atoms. The number of fused-ring (bicyclic) bond motifs is 3. The Balaban J connectivity index is 1.28. The van der Waals surface area contributed by atoms with Crippen molar-refractivity contribution in [3.8, 4) is 0 Å². The topological polar surface area (TPSA) is 455 Å². The van der Waals surface area contributed by atoms with Crippen molar-refractivity contribution in [1.82, 2.24) is 83.9 Å². The van der Waals surface area contributed by atoms with Crippen LogP contribution >= 0.6 is 11.8 Å². The molecule has 1 aromatic heterocycles. The summed E-state index contributed by atoms with van der Waals surface area (Å²) in [6, 6.07) is 4.37. The molecule has 32 nitrogen and oxygen atoms in total.